The molecule has 3 nitrogen and oxygen atoms in total. The first-order chi connectivity index (χ1) is 9.31. The molecular formula is C16H25N3. The molecule has 1 aromatic rings. The predicted molar refractivity (Wildman–Crippen MR) is 75.9 cm³/mol. The van der Waals surface area contributed by atoms with Crippen LogP contribution in [0.2, 0.25) is 0 Å². The number of nitrogens with zero attached hydrogens (tertiary/aromatic N) is 2. The summed E-state index contributed by atoms with van der Waals surface area (Å²) >= 11 is 0. The summed E-state index contributed by atoms with van der Waals surface area (Å²) in [4.78, 5) is 0. The minimum Gasteiger partial charge on any atom is -0.309 e. The Labute approximate surface area is 115 Å². The molecule has 104 valence electrons. The Morgan fingerprint density at radius 2 is 2.05 bits per heavy atom. The molecule has 0 bridgehead atoms. The highest BCUT2D eigenvalue weighted by molar-refractivity contribution is 5.15. The molecule has 2 saturated carbocycles. The van der Waals surface area contributed by atoms with Gasteiger partial charge in [0.25, 0.3) is 0 Å². The fraction of sp³-hybridized carbons (Fsp3) is 0.812. The second-order valence-electron chi connectivity index (χ2n) is 6.86. The molecule has 0 amide bonds. The van der Waals surface area contributed by atoms with E-state index in [1.807, 2.05) is 0 Å². The van der Waals surface area contributed by atoms with Gasteiger partial charge in [-0.25, -0.2) is 0 Å². The van der Waals surface area contributed by atoms with Crippen LogP contribution in [-0.4, -0.2) is 16.3 Å². The van der Waals surface area contributed by atoms with Crippen molar-refractivity contribution >= 4 is 0 Å². The molecule has 4 rings (SSSR count). The zero-order valence-electron chi connectivity index (χ0n) is 11.9. The van der Waals surface area contributed by atoms with Gasteiger partial charge in [-0.2, -0.15) is 5.10 Å². The Morgan fingerprint density at radius 3 is 2.68 bits per heavy atom. The van der Waals surface area contributed by atoms with Crippen molar-refractivity contribution in [3.8, 4) is 0 Å². The van der Waals surface area contributed by atoms with Gasteiger partial charge >= 0.3 is 0 Å². The zero-order chi connectivity index (χ0) is 12.8. The molecule has 2 heterocycles. The average Bonchev–Trinajstić information content (AvgIpc) is 3.30. The molecule has 2 fully saturated rings. The van der Waals surface area contributed by atoms with E-state index in [0.29, 0.717) is 6.04 Å². The Bertz CT molecular complexity index is 423. The molecule has 2 aliphatic carbocycles. The van der Waals surface area contributed by atoms with Crippen molar-refractivity contribution in [2.24, 2.45) is 17.8 Å². The van der Waals surface area contributed by atoms with Gasteiger partial charge in [0.15, 0.2) is 0 Å². The van der Waals surface area contributed by atoms with E-state index in [0.717, 1.165) is 24.3 Å². The van der Waals surface area contributed by atoms with Gasteiger partial charge in [0.1, 0.15) is 0 Å². The zero-order valence-corrected chi connectivity index (χ0v) is 11.9. The van der Waals surface area contributed by atoms with E-state index in [1.165, 1.54) is 56.5 Å². The van der Waals surface area contributed by atoms with Crippen molar-refractivity contribution in [3.05, 3.63) is 17.5 Å². The minimum absolute atomic E-state index is 0.415. The molecule has 3 heteroatoms. The van der Waals surface area contributed by atoms with E-state index in [9.17, 15) is 0 Å². The van der Waals surface area contributed by atoms with Gasteiger partial charge in [-0.1, -0.05) is 0 Å². The van der Waals surface area contributed by atoms with Gasteiger partial charge in [0.2, 0.25) is 0 Å². The van der Waals surface area contributed by atoms with Crippen molar-refractivity contribution in [1.82, 2.24) is 15.1 Å². The molecule has 1 unspecified atom stereocenters. The second-order valence-corrected chi connectivity index (χ2v) is 6.86. The Hall–Kier alpha value is -0.830. The number of rotatable bonds is 6. The first-order valence-electron chi connectivity index (χ1n) is 8.11. The fourth-order valence-corrected chi connectivity index (χ4v) is 3.68. The monoisotopic (exact) mass is 259 g/mol. The summed E-state index contributed by atoms with van der Waals surface area (Å²) in [5, 5.41) is 8.50. The third kappa shape index (κ3) is 2.45. The average molecular weight is 259 g/mol. The highest BCUT2D eigenvalue weighted by Gasteiger charge is 2.41. The van der Waals surface area contributed by atoms with Gasteiger partial charge in [0.05, 0.1) is 5.69 Å². The number of aromatic nitrogens is 2. The molecule has 0 radical (unpaired) electrons. The van der Waals surface area contributed by atoms with Crippen LogP contribution in [0.1, 0.15) is 56.5 Å². The molecule has 1 aliphatic heterocycles. The summed E-state index contributed by atoms with van der Waals surface area (Å²) in [5.41, 5.74) is 2.68. The quantitative estimate of drug-likeness (QED) is 0.851. The topological polar surface area (TPSA) is 29.9 Å². The maximum absolute atomic E-state index is 4.74. The van der Waals surface area contributed by atoms with Crippen molar-refractivity contribution < 1.29 is 0 Å². The van der Waals surface area contributed by atoms with E-state index in [1.54, 1.807) is 0 Å². The van der Waals surface area contributed by atoms with Crippen LogP contribution in [0.4, 0.5) is 0 Å². The molecular weight excluding hydrogens is 234 g/mol. The van der Waals surface area contributed by atoms with Crippen LogP contribution >= 0.6 is 0 Å². The number of nitrogens with one attached hydrogen (secondary N) is 1. The van der Waals surface area contributed by atoms with Crippen LogP contribution in [0.3, 0.4) is 0 Å². The van der Waals surface area contributed by atoms with Crippen molar-refractivity contribution in [2.45, 2.75) is 58.0 Å². The number of hydrogen-bond donors (Lipinski definition) is 1. The summed E-state index contributed by atoms with van der Waals surface area (Å²) in [5.74, 6) is 3.04. The Morgan fingerprint density at radius 1 is 1.32 bits per heavy atom. The molecule has 19 heavy (non-hydrogen) atoms. The van der Waals surface area contributed by atoms with Crippen molar-refractivity contribution in [2.75, 3.05) is 6.54 Å². The third-order valence-electron chi connectivity index (χ3n) is 5.24. The molecule has 0 saturated heterocycles. The van der Waals surface area contributed by atoms with Crippen LogP contribution in [0.25, 0.3) is 0 Å². The molecule has 0 aromatic carbocycles. The second kappa shape index (κ2) is 4.62. The van der Waals surface area contributed by atoms with Gasteiger partial charge in [-0.15, -0.1) is 0 Å². The first-order valence-corrected chi connectivity index (χ1v) is 8.11. The lowest BCUT2D eigenvalue weighted by Gasteiger charge is -2.19. The summed E-state index contributed by atoms with van der Waals surface area (Å²) in [7, 11) is 0. The van der Waals surface area contributed by atoms with E-state index >= 15 is 0 Å². The molecule has 3 aliphatic rings. The lowest BCUT2D eigenvalue weighted by atomic mass is 9.97. The summed E-state index contributed by atoms with van der Waals surface area (Å²) in [6.07, 6.45) is 8.42. The number of hydrogen-bond acceptors (Lipinski definition) is 2. The maximum Gasteiger partial charge on any atom is 0.0794 e. The van der Waals surface area contributed by atoms with Gasteiger partial charge < -0.3 is 5.32 Å². The van der Waals surface area contributed by atoms with Crippen LogP contribution < -0.4 is 5.32 Å². The normalized spacial score (nSPS) is 23.9. The third-order valence-corrected chi connectivity index (χ3v) is 5.24. The molecule has 0 spiro atoms. The van der Waals surface area contributed by atoms with Gasteiger partial charge in [0, 0.05) is 18.3 Å². The fourth-order valence-electron chi connectivity index (χ4n) is 3.68. The van der Waals surface area contributed by atoms with Crippen molar-refractivity contribution in [1.29, 1.82) is 0 Å². The maximum atomic E-state index is 4.74. The highest BCUT2D eigenvalue weighted by Crippen LogP contribution is 2.48. The minimum atomic E-state index is 0.415. The lowest BCUT2D eigenvalue weighted by molar-refractivity contribution is 0.359. The first kappa shape index (κ1) is 12.0. The standard InChI is InChI=1S/C16H25N3/c1-11(16-9-14-3-2-8-19(14)18-16)17-10-15(12-4-5-12)13-6-7-13/h9,11-13,15,17H,2-8,10H2,1H3. The van der Waals surface area contributed by atoms with E-state index in [2.05, 4.69) is 23.0 Å². The Kier molecular flexibility index (Phi) is 2.91. The summed E-state index contributed by atoms with van der Waals surface area (Å²) < 4.78 is 2.20. The van der Waals surface area contributed by atoms with Crippen LogP contribution in [0.15, 0.2) is 6.07 Å². The SMILES string of the molecule is CC(NCC(C1CC1)C1CC1)c1cc2n(n1)CCC2. The predicted octanol–water partition coefficient (Wildman–Crippen LogP) is 2.92. The van der Waals surface area contributed by atoms with Crippen LogP contribution in [-0.2, 0) is 13.0 Å². The van der Waals surface area contributed by atoms with Gasteiger partial charge in [-0.3, -0.25) is 4.68 Å². The molecule has 1 N–H and O–H groups in total. The highest BCUT2D eigenvalue weighted by atomic mass is 15.3. The van der Waals surface area contributed by atoms with Crippen molar-refractivity contribution in [3.63, 3.8) is 0 Å². The van der Waals surface area contributed by atoms with E-state index in [-0.39, 0.29) is 0 Å². The number of fused-ring (bicyclic) bond motifs is 1. The van der Waals surface area contributed by atoms with Crippen LogP contribution in [0.5, 0.6) is 0 Å². The number of aryl methyl sites for hydroxylation is 2. The smallest absolute Gasteiger partial charge is 0.0794 e. The summed E-state index contributed by atoms with van der Waals surface area (Å²) in [6, 6.07) is 2.73. The lowest BCUT2D eigenvalue weighted by Crippen LogP contribution is -2.28. The van der Waals surface area contributed by atoms with Gasteiger partial charge in [-0.05, 0) is 75.8 Å². The molecule has 1 aromatic heterocycles. The van der Waals surface area contributed by atoms with E-state index in [4.69, 9.17) is 5.10 Å². The van der Waals surface area contributed by atoms with E-state index < -0.39 is 0 Å². The largest absolute Gasteiger partial charge is 0.309 e. The Balaban J connectivity index is 1.36. The molecule has 1 atom stereocenters. The summed E-state index contributed by atoms with van der Waals surface area (Å²) in [6.45, 7) is 4.60. The van der Waals surface area contributed by atoms with Crippen LogP contribution in [0, 0.1) is 17.8 Å².